The molecule has 10 heteroatoms. The van der Waals surface area contributed by atoms with Gasteiger partial charge in [-0.15, -0.1) is 0 Å². The number of nitro groups is 1. The molecule has 0 saturated carbocycles. The summed E-state index contributed by atoms with van der Waals surface area (Å²) in [4.78, 5) is 35.8. The molecule has 0 spiro atoms. The quantitative estimate of drug-likeness (QED) is 0.511. The van der Waals surface area contributed by atoms with Crippen molar-refractivity contribution < 1.29 is 24.0 Å². The first-order valence-electron chi connectivity index (χ1n) is 8.04. The van der Waals surface area contributed by atoms with Gasteiger partial charge in [0.15, 0.2) is 11.5 Å². The number of ether oxygens (including phenoxy) is 2. The van der Waals surface area contributed by atoms with Crippen LogP contribution in [0.25, 0.3) is 0 Å². The SMILES string of the molecule is COc1cc(CCNC(=O)CCN2CCSC2=O)c([N+](=O)[O-])cc1OC. The van der Waals surface area contributed by atoms with Gasteiger partial charge in [-0.1, -0.05) is 11.8 Å². The van der Waals surface area contributed by atoms with Crippen LogP contribution in [0.2, 0.25) is 0 Å². The second-order valence-electron chi connectivity index (χ2n) is 5.54. The minimum Gasteiger partial charge on any atom is -0.493 e. The molecule has 0 bridgehead atoms. The second-order valence-corrected chi connectivity index (χ2v) is 6.59. The molecule has 0 unspecified atom stereocenters. The standard InChI is InChI=1S/C16H21N3O6S/c1-24-13-9-11(12(19(22)23)10-14(13)25-2)3-5-17-15(20)4-6-18-7-8-26-16(18)21/h9-10H,3-8H2,1-2H3,(H,17,20). The summed E-state index contributed by atoms with van der Waals surface area (Å²) in [6.45, 7) is 1.29. The summed E-state index contributed by atoms with van der Waals surface area (Å²) in [6.07, 6.45) is 0.487. The molecule has 2 rings (SSSR count). The van der Waals surface area contributed by atoms with Crippen LogP contribution in [-0.4, -0.2) is 60.6 Å². The molecule has 1 saturated heterocycles. The van der Waals surface area contributed by atoms with Crippen molar-refractivity contribution in [2.45, 2.75) is 12.8 Å². The second kappa shape index (κ2) is 9.27. The Bertz CT molecular complexity index is 697. The fourth-order valence-corrected chi connectivity index (χ4v) is 3.42. The molecule has 1 aliphatic rings. The van der Waals surface area contributed by atoms with Crippen molar-refractivity contribution in [3.05, 3.63) is 27.8 Å². The molecule has 1 heterocycles. The van der Waals surface area contributed by atoms with Crippen LogP contribution in [-0.2, 0) is 11.2 Å². The number of nitrogens with zero attached hydrogens (tertiary/aromatic N) is 2. The van der Waals surface area contributed by atoms with Crippen LogP contribution < -0.4 is 14.8 Å². The third-order valence-electron chi connectivity index (χ3n) is 3.95. The molecule has 142 valence electrons. The lowest BCUT2D eigenvalue weighted by atomic mass is 10.1. The number of nitrogens with one attached hydrogen (secondary N) is 1. The van der Waals surface area contributed by atoms with Crippen LogP contribution in [0, 0.1) is 10.1 Å². The third kappa shape index (κ3) is 5.01. The van der Waals surface area contributed by atoms with Gasteiger partial charge in [0, 0.05) is 37.4 Å². The largest absolute Gasteiger partial charge is 0.493 e. The van der Waals surface area contributed by atoms with E-state index in [4.69, 9.17) is 9.47 Å². The first kappa shape index (κ1) is 19.8. The number of carbonyl (C=O) groups is 2. The number of thioether (sulfide) groups is 1. The highest BCUT2D eigenvalue weighted by Gasteiger charge is 2.22. The monoisotopic (exact) mass is 383 g/mol. The summed E-state index contributed by atoms with van der Waals surface area (Å²) < 4.78 is 10.3. The van der Waals surface area contributed by atoms with Gasteiger partial charge >= 0.3 is 0 Å². The van der Waals surface area contributed by atoms with Crippen molar-refractivity contribution in [2.75, 3.05) is 39.6 Å². The van der Waals surface area contributed by atoms with Crippen LogP contribution in [0.4, 0.5) is 10.5 Å². The Morgan fingerprint density at radius 2 is 2.04 bits per heavy atom. The first-order chi connectivity index (χ1) is 12.5. The maximum Gasteiger partial charge on any atom is 0.281 e. The maximum absolute atomic E-state index is 11.9. The van der Waals surface area contributed by atoms with E-state index in [1.54, 1.807) is 11.0 Å². The molecule has 1 fully saturated rings. The predicted octanol–water partition coefficient (Wildman–Crippen LogP) is 1.83. The van der Waals surface area contributed by atoms with E-state index >= 15 is 0 Å². The van der Waals surface area contributed by atoms with Gasteiger partial charge in [-0.25, -0.2) is 0 Å². The number of hydrogen-bond donors (Lipinski definition) is 1. The maximum atomic E-state index is 11.9. The Labute approximate surface area is 155 Å². The van der Waals surface area contributed by atoms with Gasteiger partial charge in [0.05, 0.1) is 25.2 Å². The van der Waals surface area contributed by atoms with Crippen LogP contribution in [0.5, 0.6) is 11.5 Å². The topological polar surface area (TPSA) is 111 Å². The summed E-state index contributed by atoms with van der Waals surface area (Å²) in [6, 6.07) is 2.86. The van der Waals surface area contributed by atoms with Crippen LogP contribution in [0.1, 0.15) is 12.0 Å². The highest BCUT2D eigenvalue weighted by atomic mass is 32.2. The Hall–Kier alpha value is -2.49. The van der Waals surface area contributed by atoms with E-state index in [2.05, 4.69) is 5.32 Å². The van der Waals surface area contributed by atoms with E-state index in [9.17, 15) is 19.7 Å². The van der Waals surface area contributed by atoms with Crippen molar-refractivity contribution in [2.24, 2.45) is 0 Å². The molecule has 1 aliphatic heterocycles. The Balaban J connectivity index is 1.90. The van der Waals surface area contributed by atoms with Gasteiger partial charge < -0.3 is 19.7 Å². The number of hydrogen-bond acceptors (Lipinski definition) is 7. The van der Waals surface area contributed by atoms with E-state index in [0.717, 1.165) is 5.75 Å². The summed E-state index contributed by atoms with van der Waals surface area (Å²) in [7, 11) is 2.86. The Kier molecular flexibility index (Phi) is 7.07. The molecule has 0 atom stereocenters. The average Bonchev–Trinajstić information content (AvgIpc) is 3.04. The van der Waals surface area contributed by atoms with Crippen LogP contribution >= 0.6 is 11.8 Å². The molecule has 1 aromatic rings. The minimum atomic E-state index is -0.490. The zero-order valence-electron chi connectivity index (χ0n) is 14.6. The van der Waals surface area contributed by atoms with E-state index in [1.165, 1.54) is 32.0 Å². The van der Waals surface area contributed by atoms with Gasteiger partial charge in [0.2, 0.25) is 5.91 Å². The number of benzene rings is 1. The molecule has 0 radical (unpaired) electrons. The smallest absolute Gasteiger partial charge is 0.281 e. The lowest BCUT2D eigenvalue weighted by Gasteiger charge is -2.14. The summed E-state index contributed by atoms with van der Waals surface area (Å²) in [5.41, 5.74) is 0.357. The lowest BCUT2D eigenvalue weighted by molar-refractivity contribution is -0.385. The van der Waals surface area contributed by atoms with E-state index in [0.29, 0.717) is 24.4 Å². The summed E-state index contributed by atoms with van der Waals surface area (Å²) in [5, 5.41) is 14.0. The van der Waals surface area contributed by atoms with E-state index < -0.39 is 4.92 Å². The molecule has 1 N–H and O–H groups in total. The molecule has 0 aromatic heterocycles. The molecule has 26 heavy (non-hydrogen) atoms. The molecule has 9 nitrogen and oxygen atoms in total. The number of carbonyl (C=O) groups excluding carboxylic acids is 2. The van der Waals surface area contributed by atoms with Gasteiger partial charge in [-0.2, -0.15) is 0 Å². The molecular formula is C16H21N3O6S. The Morgan fingerprint density at radius 1 is 1.35 bits per heavy atom. The third-order valence-corrected chi connectivity index (χ3v) is 4.84. The van der Waals surface area contributed by atoms with E-state index in [1.807, 2.05) is 0 Å². The van der Waals surface area contributed by atoms with E-state index in [-0.39, 0.29) is 42.0 Å². The number of nitro benzene ring substituents is 1. The van der Waals surface area contributed by atoms with Crippen LogP contribution in [0.3, 0.4) is 0 Å². The highest BCUT2D eigenvalue weighted by molar-refractivity contribution is 8.13. The van der Waals surface area contributed by atoms with Gasteiger partial charge in [-0.05, 0) is 12.5 Å². The number of amides is 2. The van der Waals surface area contributed by atoms with Gasteiger partial charge in [0.25, 0.3) is 10.9 Å². The van der Waals surface area contributed by atoms with Crippen molar-refractivity contribution in [1.82, 2.24) is 10.2 Å². The number of methoxy groups -OCH3 is 2. The fraction of sp³-hybridized carbons (Fsp3) is 0.500. The highest BCUT2D eigenvalue weighted by Crippen LogP contribution is 2.34. The zero-order chi connectivity index (χ0) is 19.1. The van der Waals surface area contributed by atoms with Crippen LogP contribution in [0.15, 0.2) is 12.1 Å². The minimum absolute atomic E-state index is 0.00115. The lowest BCUT2D eigenvalue weighted by Crippen LogP contribution is -2.31. The van der Waals surface area contributed by atoms with Gasteiger partial charge in [-0.3, -0.25) is 19.7 Å². The Morgan fingerprint density at radius 3 is 2.62 bits per heavy atom. The zero-order valence-corrected chi connectivity index (χ0v) is 15.5. The predicted molar refractivity (Wildman–Crippen MR) is 97.0 cm³/mol. The van der Waals surface area contributed by atoms with Gasteiger partial charge in [0.1, 0.15) is 0 Å². The van der Waals surface area contributed by atoms with Crippen molar-refractivity contribution in [3.8, 4) is 11.5 Å². The van der Waals surface area contributed by atoms with Crippen molar-refractivity contribution in [1.29, 1.82) is 0 Å². The fourth-order valence-electron chi connectivity index (χ4n) is 2.57. The van der Waals surface area contributed by atoms with Crippen molar-refractivity contribution >= 4 is 28.6 Å². The first-order valence-corrected chi connectivity index (χ1v) is 9.02. The molecule has 1 aromatic carbocycles. The number of rotatable bonds is 9. The molecule has 0 aliphatic carbocycles. The van der Waals surface area contributed by atoms with Crippen molar-refractivity contribution in [3.63, 3.8) is 0 Å². The molecular weight excluding hydrogens is 362 g/mol. The molecule has 2 amide bonds. The normalized spacial score (nSPS) is 13.6. The average molecular weight is 383 g/mol. The summed E-state index contributed by atoms with van der Waals surface area (Å²) in [5.74, 6) is 1.23. The summed E-state index contributed by atoms with van der Waals surface area (Å²) >= 11 is 1.25.